The summed E-state index contributed by atoms with van der Waals surface area (Å²) in [5.74, 6) is -0.827. The highest BCUT2D eigenvalue weighted by atomic mass is 16.4. The molecular formula is C16H17N3O3. The molecule has 0 spiro atoms. The number of imidazole rings is 1. The molecule has 1 amide bonds. The maximum absolute atomic E-state index is 12.6. The van der Waals surface area contributed by atoms with Crippen molar-refractivity contribution in [2.45, 2.75) is 12.8 Å². The summed E-state index contributed by atoms with van der Waals surface area (Å²) in [6, 6.07) is 5.59. The second kappa shape index (κ2) is 4.83. The third kappa shape index (κ3) is 2.15. The number of hydrogen-bond acceptors (Lipinski definition) is 3. The first-order chi connectivity index (χ1) is 10.6. The molecule has 6 heteroatoms. The number of rotatable bonds is 3. The van der Waals surface area contributed by atoms with Crippen LogP contribution >= 0.6 is 0 Å². The van der Waals surface area contributed by atoms with Gasteiger partial charge in [-0.15, -0.1) is 0 Å². The van der Waals surface area contributed by atoms with E-state index >= 15 is 0 Å². The monoisotopic (exact) mass is 299 g/mol. The van der Waals surface area contributed by atoms with Gasteiger partial charge in [-0.2, -0.15) is 0 Å². The predicted octanol–water partition coefficient (Wildman–Crippen LogP) is 1.52. The number of hydrogen-bond donors (Lipinski definition) is 1. The van der Waals surface area contributed by atoms with Gasteiger partial charge in [0.1, 0.15) is 11.3 Å². The van der Waals surface area contributed by atoms with E-state index in [2.05, 4.69) is 4.98 Å². The normalized spacial score (nSPS) is 24.8. The maximum Gasteiger partial charge on any atom is 0.308 e. The first-order valence-corrected chi connectivity index (χ1v) is 7.59. The highest BCUT2D eigenvalue weighted by Gasteiger charge is 2.47. The number of pyridine rings is 1. The molecule has 3 heterocycles. The van der Waals surface area contributed by atoms with E-state index in [9.17, 15) is 14.7 Å². The van der Waals surface area contributed by atoms with E-state index in [1.165, 1.54) is 0 Å². The molecule has 0 aromatic carbocycles. The molecule has 0 bridgehead atoms. The van der Waals surface area contributed by atoms with Crippen molar-refractivity contribution in [2.75, 3.05) is 13.1 Å². The number of fused-ring (bicyclic) bond motifs is 1. The zero-order valence-corrected chi connectivity index (χ0v) is 12.1. The summed E-state index contributed by atoms with van der Waals surface area (Å²) < 4.78 is 1.80. The molecule has 1 aliphatic heterocycles. The molecule has 1 saturated heterocycles. The van der Waals surface area contributed by atoms with Crippen molar-refractivity contribution in [1.82, 2.24) is 14.3 Å². The van der Waals surface area contributed by atoms with Crippen LogP contribution in [0.3, 0.4) is 0 Å². The Kier molecular flexibility index (Phi) is 2.92. The number of aliphatic carboxylic acids is 1. The Balaban J connectivity index is 1.58. The fourth-order valence-electron chi connectivity index (χ4n) is 3.46. The molecule has 22 heavy (non-hydrogen) atoms. The summed E-state index contributed by atoms with van der Waals surface area (Å²) in [4.78, 5) is 30.1. The highest BCUT2D eigenvalue weighted by molar-refractivity contribution is 5.93. The largest absolute Gasteiger partial charge is 0.481 e. The van der Waals surface area contributed by atoms with Crippen LogP contribution in [-0.2, 0) is 4.79 Å². The molecule has 1 aliphatic carbocycles. The number of aromatic nitrogens is 2. The average Bonchev–Trinajstić information content (AvgIpc) is 3.11. The topological polar surface area (TPSA) is 74.9 Å². The minimum atomic E-state index is -0.790. The number of carboxylic acids is 1. The van der Waals surface area contributed by atoms with E-state index in [0.717, 1.165) is 18.5 Å². The number of carbonyl (C=O) groups is 2. The molecule has 1 N–H and O–H groups in total. The number of carbonyl (C=O) groups excluding carboxylic acids is 1. The molecule has 2 atom stereocenters. The lowest BCUT2D eigenvalue weighted by Crippen LogP contribution is -2.30. The molecule has 4 rings (SSSR count). The van der Waals surface area contributed by atoms with Gasteiger partial charge in [0.25, 0.3) is 5.91 Å². The quantitative estimate of drug-likeness (QED) is 0.932. The van der Waals surface area contributed by atoms with Crippen LogP contribution < -0.4 is 0 Å². The number of amides is 1. The van der Waals surface area contributed by atoms with Gasteiger partial charge in [0.05, 0.1) is 5.92 Å². The van der Waals surface area contributed by atoms with Crippen LogP contribution in [0.5, 0.6) is 0 Å². The van der Waals surface area contributed by atoms with Crippen LogP contribution in [0.25, 0.3) is 5.65 Å². The van der Waals surface area contributed by atoms with Gasteiger partial charge in [-0.1, -0.05) is 6.07 Å². The summed E-state index contributed by atoms with van der Waals surface area (Å²) in [5, 5.41) is 9.39. The van der Waals surface area contributed by atoms with Crippen LogP contribution in [0.15, 0.2) is 30.6 Å². The van der Waals surface area contributed by atoms with E-state index < -0.39 is 11.9 Å². The molecule has 2 aliphatic rings. The Bertz CT molecular complexity index is 717. The van der Waals surface area contributed by atoms with Crippen LogP contribution in [0.2, 0.25) is 0 Å². The first kappa shape index (κ1) is 13.3. The zero-order chi connectivity index (χ0) is 15.3. The lowest BCUT2D eigenvalue weighted by atomic mass is 9.92. The summed E-state index contributed by atoms with van der Waals surface area (Å²) in [5.41, 5.74) is 1.10. The smallest absolute Gasteiger partial charge is 0.308 e. The van der Waals surface area contributed by atoms with Gasteiger partial charge in [-0.3, -0.25) is 9.59 Å². The van der Waals surface area contributed by atoms with Crippen LogP contribution in [-0.4, -0.2) is 44.4 Å². The van der Waals surface area contributed by atoms with E-state index in [0.29, 0.717) is 24.7 Å². The van der Waals surface area contributed by atoms with E-state index in [4.69, 9.17) is 0 Å². The second-order valence-electron chi connectivity index (χ2n) is 6.25. The highest BCUT2D eigenvalue weighted by Crippen LogP contribution is 2.44. The standard InChI is InChI=1S/C16H17N3O3/c20-15(13-9-18-6-2-1-3-14(18)17-13)19-7-11(10-4-5-10)12(8-19)16(21)22/h1-3,6,9-12H,4-5,7-8H2,(H,21,22)/t11-,12+/m1/s1. The lowest BCUT2D eigenvalue weighted by molar-refractivity contribution is -0.142. The molecule has 6 nitrogen and oxygen atoms in total. The molecule has 2 aromatic heterocycles. The van der Waals surface area contributed by atoms with Gasteiger partial charge in [0, 0.05) is 25.5 Å². The zero-order valence-electron chi connectivity index (χ0n) is 12.1. The molecule has 2 fully saturated rings. The fraction of sp³-hybridized carbons (Fsp3) is 0.438. The maximum atomic E-state index is 12.6. The Morgan fingerprint density at radius 3 is 2.73 bits per heavy atom. The van der Waals surface area contributed by atoms with E-state index in [1.54, 1.807) is 15.5 Å². The molecular weight excluding hydrogens is 282 g/mol. The first-order valence-electron chi connectivity index (χ1n) is 7.59. The number of nitrogens with zero attached hydrogens (tertiary/aromatic N) is 3. The SMILES string of the molecule is O=C(O)[C@H]1CN(C(=O)c2cn3ccccc3n2)C[C@@H]1C1CC1. The molecule has 114 valence electrons. The second-order valence-corrected chi connectivity index (χ2v) is 6.25. The van der Waals surface area contributed by atoms with Crippen LogP contribution in [0, 0.1) is 17.8 Å². The fourth-order valence-corrected chi connectivity index (χ4v) is 3.46. The third-order valence-corrected chi connectivity index (χ3v) is 4.78. The predicted molar refractivity (Wildman–Crippen MR) is 78.4 cm³/mol. The minimum Gasteiger partial charge on any atom is -0.481 e. The van der Waals surface area contributed by atoms with Crippen molar-refractivity contribution in [3.8, 4) is 0 Å². The Labute approximate surface area is 127 Å². The average molecular weight is 299 g/mol. The van der Waals surface area contributed by atoms with Crippen molar-refractivity contribution in [1.29, 1.82) is 0 Å². The summed E-state index contributed by atoms with van der Waals surface area (Å²) in [6.07, 6.45) is 5.73. The minimum absolute atomic E-state index is 0.0958. The molecule has 1 saturated carbocycles. The van der Waals surface area contributed by atoms with Crippen molar-refractivity contribution in [3.63, 3.8) is 0 Å². The van der Waals surface area contributed by atoms with Gasteiger partial charge < -0.3 is 14.4 Å². The van der Waals surface area contributed by atoms with Crippen molar-refractivity contribution < 1.29 is 14.7 Å². The van der Waals surface area contributed by atoms with Gasteiger partial charge in [-0.25, -0.2) is 4.98 Å². The number of carboxylic acid groups (broad SMARTS) is 1. The van der Waals surface area contributed by atoms with E-state index in [-0.39, 0.29) is 11.8 Å². The summed E-state index contributed by atoms with van der Waals surface area (Å²) in [6.45, 7) is 0.831. The van der Waals surface area contributed by atoms with Crippen LogP contribution in [0.4, 0.5) is 0 Å². The van der Waals surface area contributed by atoms with Crippen molar-refractivity contribution in [2.24, 2.45) is 17.8 Å². The van der Waals surface area contributed by atoms with E-state index in [1.807, 2.05) is 24.4 Å². The van der Waals surface area contributed by atoms with Crippen molar-refractivity contribution in [3.05, 3.63) is 36.3 Å². The van der Waals surface area contributed by atoms with Gasteiger partial charge >= 0.3 is 5.97 Å². The number of likely N-dealkylation sites (tertiary alicyclic amines) is 1. The third-order valence-electron chi connectivity index (χ3n) is 4.78. The Morgan fingerprint density at radius 1 is 1.23 bits per heavy atom. The lowest BCUT2D eigenvalue weighted by Gasteiger charge is -2.14. The molecule has 0 unspecified atom stereocenters. The molecule has 0 radical (unpaired) electrons. The summed E-state index contributed by atoms with van der Waals surface area (Å²) >= 11 is 0. The van der Waals surface area contributed by atoms with Crippen LogP contribution in [0.1, 0.15) is 23.3 Å². The summed E-state index contributed by atoms with van der Waals surface area (Å²) in [7, 11) is 0. The molecule has 2 aromatic rings. The Hall–Kier alpha value is -2.37. The van der Waals surface area contributed by atoms with Gasteiger partial charge in [0.15, 0.2) is 0 Å². The van der Waals surface area contributed by atoms with Crippen molar-refractivity contribution >= 4 is 17.5 Å². The Morgan fingerprint density at radius 2 is 2.05 bits per heavy atom. The van der Waals surface area contributed by atoms with Gasteiger partial charge in [-0.05, 0) is 36.8 Å². The van der Waals surface area contributed by atoms with Gasteiger partial charge in [0.2, 0.25) is 0 Å².